The van der Waals surface area contributed by atoms with E-state index < -0.39 is 0 Å². The Morgan fingerprint density at radius 2 is 2.04 bits per heavy atom. The maximum Gasteiger partial charge on any atom is 0.271 e. The Morgan fingerprint density at radius 1 is 1.12 bits per heavy atom. The van der Waals surface area contributed by atoms with Gasteiger partial charge in [-0.25, -0.2) is 9.97 Å². The van der Waals surface area contributed by atoms with Crippen LogP contribution in [0.2, 0.25) is 0 Å². The first-order chi connectivity index (χ1) is 12.2. The van der Waals surface area contributed by atoms with Crippen LogP contribution in [0.25, 0.3) is 21.1 Å². The van der Waals surface area contributed by atoms with E-state index in [2.05, 4.69) is 26.7 Å². The van der Waals surface area contributed by atoms with Crippen LogP contribution in [-0.4, -0.2) is 15.9 Å². The number of thiophene rings is 2. The van der Waals surface area contributed by atoms with E-state index in [0.717, 1.165) is 31.0 Å². The van der Waals surface area contributed by atoms with Gasteiger partial charge in [0.15, 0.2) is 0 Å². The molecule has 0 aliphatic heterocycles. The number of hydrogen-bond donors (Lipinski definition) is 1. The van der Waals surface area contributed by atoms with Crippen molar-refractivity contribution >= 4 is 51.3 Å². The molecule has 0 unspecified atom stereocenters. The standard InChI is InChI=1S/C17H13N3OS4/c1-10-19-13(8-23-10)15-3-2-12(25-15)6-18-16(21)14-9-24-17(20-14)11-4-5-22-7-11/h2-5,7-9H,6H2,1H3,(H,18,21). The van der Waals surface area contributed by atoms with Gasteiger partial charge in [-0.15, -0.1) is 34.0 Å². The number of carbonyl (C=O) groups is 1. The van der Waals surface area contributed by atoms with Crippen LogP contribution in [0.15, 0.2) is 39.7 Å². The molecule has 0 bridgehead atoms. The van der Waals surface area contributed by atoms with Crippen LogP contribution in [0.4, 0.5) is 0 Å². The van der Waals surface area contributed by atoms with Gasteiger partial charge in [0, 0.05) is 26.6 Å². The highest BCUT2D eigenvalue weighted by Crippen LogP contribution is 2.29. The molecule has 0 radical (unpaired) electrons. The molecule has 0 aliphatic rings. The van der Waals surface area contributed by atoms with Crippen molar-refractivity contribution in [3.63, 3.8) is 0 Å². The Kier molecular flexibility index (Phi) is 4.76. The van der Waals surface area contributed by atoms with Gasteiger partial charge in [-0.2, -0.15) is 11.3 Å². The number of nitrogens with zero attached hydrogens (tertiary/aromatic N) is 2. The van der Waals surface area contributed by atoms with Crippen molar-refractivity contribution in [3.8, 4) is 21.1 Å². The van der Waals surface area contributed by atoms with Crippen LogP contribution in [0.1, 0.15) is 20.4 Å². The average Bonchev–Trinajstić information content (AvgIpc) is 3.38. The highest BCUT2D eigenvalue weighted by molar-refractivity contribution is 7.16. The molecule has 4 heterocycles. The van der Waals surface area contributed by atoms with Gasteiger partial charge in [-0.05, 0) is 30.5 Å². The number of aryl methyl sites for hydroxylation is 1. The lowest BCUT2D eigenvalue weighted by molar-refractivity contribution is 0.0947. The van der Waals surface area contributed by atoms with Crippen molar-refractivity contribution in [2.75, 3.05) is 0 Å². The molecule has 0 atom stereocenters. The predicted octanol–water partition coefficient (Wildman–Crippen LogP) is 5.30. The highest BCUT2D eigenvalue weighted by Gasteiger charge is 2.13. The van der Waals surface area contributed by atoms with E-state index in [1.54, 1.807) is 39.4 Å². The predicted molar refractivity (Wildman–Crippen MR) is 107 cm³/mol. The second-order valence-electron chi connectivity index (χ2n) is 5.25. The minimum Gasteiger partial charge on any atom is -0.346 e. The topological polar surface area (TPSA) is 54.9 Å². The van der Waals surface area contributed by atoms with Crippen molar-refractivity contribution in [1.82, 2.24) is 15.3 Å². The Labute approximate surface area is 160 Å². The van der Waals surface area contributed by atoms with Crippen LogP contribution in [0, 0.1) is 6.92 Å². The van der Waals surface area contributed by atoms with Crippen LogP contribution < -0.4 is 5.32 Å². The Bertz CT molecular complexity index is 997. The van der Waals surface area contributed by atoms with Gasteiger partial charge in [0.25, 0.3) is 5.91 Å². The summed E-state index contributed by atoms with van der Waals surface area (Å²) in [5.41, 5.74) is 2.54. The maximum absolute atomic E-state index is 12.3. The summed E-state index contributed by atoms with van der Waals surface area (Å²) in [6.07, 6.45) is 0. The van der Waals surface area contributed by atoms with Crippen molar-refractivity contribution in [2.24, 2.45) is 0 Å². The molecule has 0 fully saturated rings. The quantitative estimate of drug-likeness (QED) is 0.492. The molecule has 0 saturated heterocycles. The van der Waals surface area contributed by atoms with Crippen molar-refractivity contribution < 1.29 is 4.79 Å². The third-order valence-corrected chi connectivity index (χ3v) is 6.92. The maximum atomic E-state index is 12.3. The van der Waals surface area contributed by atoms with Crippen molar-refractivity contribution in [2.45, 2.75) is 13.5 Å². The fourth-order valence-electron chi connectivity index (χ4n) is 2.24. The summed E-state index contributed by atoms with van der Waals surface area (Å²) in [5.74, 6) is -0.141. The van der Waals surface area contributed by atoms with Gasteiger partial charge in [-0.3, -0.25) is 4.79 Å². The first-order valence-electron chi connectivity index (χ1n) is 7.46. The van der Waals surface area contributed by atoms with Gasteiger partial charge < -0.3 is 5.32 Å². The molecule has 126 valence electrons. The van der Waals surface area contributed by atoms with Gasteiger partial charge in [0.1, 0.15) is 10.7 Å². The molecule has 8 heteroatoms. The number of aromatic nitrogens is 2. The van der Waals surface area contributed by atoms with E-state index in [4.69, 9.17) is 0 Å². The number of thiazole rings is 2. The Morgan fingerprint density at radius 3 is 2.80 bits per heavy atom. The van der Waals surface area contributed by atoms with E-state index >= 15 is 0 Å². The average molecular weight is 404 g/mol. The summed E-state index contributed by atoms with van der Waals surface area (Å²) in [6.45, 7) is 2.50. The largest absolute Gasteiger partial charge is 0.346 e. The number of amides is 1. The van der Waals surface area contributed by atoms with Crippen LogP contribution in [0.3, 0.4) is 0 Å². The molecule has 4 aromatic rings. The van der Waals surface area contributed by atoms with E-state index in [-0.39, 0.29) is 5.91 Å². The van der Waals surface area contributed by atoms with Crippen molar-refractivity contribution in [1.29, 1.82) is 0 Å². The monoisotopic (exact) mass is 403 g/mol. The first-order valence-corrected chi connectivity index (χ1v) is 11.0. The molecule has 1 amide bonds. The van der Waals surface area contributed by atoms with E-state index in [1.807, 2.05) is 29.8 Å². The van der Waals surface area contributed by atoms with Crippen LogP contribution in [0.5, 0.6) is 0 Å². The number of carbonyl (C=O) groups excluding carboxylic acids is 1. The first kappa shape index (κ1) is 16.6. The van der Waals surface area contributed by atoms with E-state index in [1.165, 1.54) is 11.3 Å². The molecule has 0 aromatic carbocycles. The van der Waals surface area contributed by atoms with Crippen molar-refractivity contribution in [3.05, 3.63) is 55.3 Å². The molecule has 0 spiro atoms. The third kappa shape index (κ3) is 3.72. The molecule has 4 nitrogen and oxygen atoms in total. The molecule has 0 aliphatic carbocycles. The van der Waals surface area contributed by atoms with Gasteiger partial charge in [0.05, 0.1) is 22.1 Å². The van der Waals surface area contributed by atoms with E-state index in [0.29, 0.717) is 12.2 Å². The SMILES string of the molecule is Cc1nc(-c2ccc(CNC(=O)c3csc(-c4ccsc4)n3)s2)cs1. The zero-order valence-corrected chi connectivity index (χ0v) is 16.5. The zero-order valence-electron chi connectivity index (χ0n) is 13.2. The smallest absolute Gasteiger partial charge is 0.271 e. The minimum atomic E-state index is -0.141. The summed E-state index contributed by atoms with van der Waals surface area (Å²) in [5, 5.41) is 12.8. The molecular weight excluding hydrogens is 390 g/mol. The molecule has 0 saturated carbocycles. The van der Waals surface area contributed by atoms with Gasteiger partial charge in [-0.1, -0.05) is 0 Å². The Balaban J connectivity index is 1.40. The molecule has 25 heavy (non-hydrogen) atoms. The summed E-state index contributed by atoms with van der Waals surface area (Å²) in [7, 11) is 0. The lowest BCUT2D eigenvalue weighted by Crippen LogP contribution is -2.22. The number of hydrogen-bond acceptors (Lipinski definition) is 7. The lowest BCUT2D eigenvalue weighted by Gasteiger charge is -2.00. The zero-order chi connectivity index (χ0) is 17.2. The van der Waals surface area contributed by atoms with Gasteiger partial charge >= 0.3 is 0 Å². The third-order valence-electron chi connectivity index (χ3n) is 3.46. The van der Waals surface area contributed by atoms with E-state index in [9.17, 15) is 4.79 Å². The summed E-state index contributed by atoms with van der Waals surface area (Å²) in [6, 6.07) is 6.10. The fraction of sp³-hybridized carbons (Fsp3) is 0.118. The summed E-state index contributed by atoms with van der Waals surface area (Å²) < 4.78 is 0. The Hall–Kier alpha value is -1.87. The van der Waals surface area contributed by atoms with Gasteiger partial charge in [0.2, 0.25) is 0 Å². The molecule has 1 N–H and O–H groups in total. The lowest BCUT2D eigenvalue weighted by atomic mass is 10.3. The summed E-state index contributed by atoms with van der Waals surface area (Å²) in [4.78, 5) is 23.5. The van der Waals surface area contributed by atoms with Crippen LogP contribution >= 0.6 is 45.3 Å². The number of nitrogens with one attached hydrogen (secondary N) is 1. The molecule has 4 rings (SSSR count). The fourth-order valence-corrected chi connectivity index (χ4v) is 5.35. The minimum absolute atomic E-state index is 0.141. The normalized spacial score (nSPS) is 10.9. The number of rotatable bonds is 5. The second kappa shape index (κ2) is 7.17. The second-order valence-corrected chi connectivity index (χ2v) is 9.12. The summed E-state index contributed by atoms with van der Waals surface area (Å²) >= 11 is 6.41. The molecule has 4 aromatic heterocycles. The molecular formula is C17H13N3OS4. The van der Waals surface area contributed by atoms with Crippen LogP contribution in [-0.2, 0) is 6.54 Å². The highest BCUT2D eigenvalue weighted by atomic mass is 32.1.